The van der Waals surface area contributed by atoms with Gasteiger partial charge in [0.15, 0.2) is 0 Å². The highest BCUT2D eigenvalue weighted by Gasteiger charge is 2.18. The van der Waals surface area contributed by atoms with Gasteiger partial charge in [0, 0.05) is 11.8 Å². The predicted octanol–water partition coefficient (Wildman–Crippen LogP) is 3.85. The van der Waals surface area contributed by atoms with Crippen LogP contribution in [0.2, 0.25) is 0 Å². The fraction of sp³-hybridized carbons (Fsp3) is 0.176. The molecule has 2 aromatic heterocycles. The number of aryl methyl sites for hydroxylation is 1. The standard InChI is InChI=1S/C17H16N2O3/c1-3-21-17(20)22-16-15(13-9-7-12(2)8-10-13)18-14-6-4-5-11-19(14)16/h4-11H,3H2,1-2H3. The molecule has 112 valence electrons. The molecule has 0 bridgehead atoms. The Morgan fingerprint density at radius 2 is 1.95 bits per heavy atom. The minimum atomic E-state index is -0.735. The SMILES string of the molecule is CCOC(=O)Oc1c(-c2ccc(C)cc2)nc2ccccn12. The molecule has 0 fully saturated rings. The first-order chi connectivity index (χ1) is 10.7. The molecule has 0 radical (unpaired) electrons. The molecular formula is C17H16N2O3. The van der Waals surface area contributed by atoms with Crippen molar-refractivity contribution in [2.24, 2.45) is 0 Å². The molecule has 3 rings (SSSR count). The number of fused-ring (bicyclic) bond motifs is 1. The van der Waals surface area contributed by atoms with Crippen LogP contribution in [0.25, 0.3) is 16.9 Å². The Hall–Kier alpha value is -2.82. The molecule has 22 heavy (non-hydrogen) atoms. The number of nitrogens with zero attached hydrogens (tertiary/aromatic N) is 2. The fourth-order valence-corrected chi connectivity index (χ4v) is 2.20. The average Bonchev–Trinajstić information content (AvgIpc) is 2.87. The van der Waals surface area contributed by atoms with Gasteiger partial charge < -0.3 is 9.47 Å². The lowest BCUT2D eigenvalue weighted by atomic mass is 10.1. The van der Waals surface area contributed by atoms with E-state index in [2.05, 4.69) is 4.98 Å². The van der Waals surface area contributed by atoms with Gasteiger partial charge in [0.05, 0.1) is 6.61 Å². The number of ether oxygens (including phenoxy) is 2. The van der Waals surface area contributed by atoms with E-state index in [0.29, 0.717) is 17.2 Å². The van der Waals surface area contributed by atoms with Crippen LogP contribution in [0, 0.1) is 6.92 Å². The quantitative estimate of drug-likeness (QED) is 0.689. The van der Waals surface area contributed by atoms with E-state index in [4.69, 9.17) is 9.47 Å². The predicted molar refractivity (Wildman–Crippen MR) is 83.0 cm³/mol. The second-order valence-corrected chi connectivity index (χ2v) is 4.85. The topological polar surface area (TPSA) is 52.8 Å². The molecule has 3 aromatic rings. The molecule has 0 saturated heterocycles. The monoisotopic (exact) mass is 296 g/mol. The van der Waals surface area contributed by atoms with Crippen LogP contribution in [0.5, 0.6) is 5.88 Å². The van der Waals surface area contributed by atoms with Crippen LogP contribution in [0.15, 0.2) is 48.7 Å². The summed E-state index contributed by atoms with van der Waals surface area (Å²) < 4.78 is 12.0. The third kappa shape index (κ3) is 2.65. The number of carbonyl (C=O) groups is 1. The Morgan fingerprint density at radius 1 is 1.18 bits per heavy atom. The van der Waals surface area contributed by atoms with E-state index >= 15 is 0 Å². The van der Waals surface area contributed by atoms with Gasteiger partial charge in [-0.25, -0.2) is 9.78 Å². The molecule has 0 unspecified atom stereocenters. The van der Waals surface area contributed by atoms with Crippen molar-refractivity contribution in [2.75, 3.05) is 6.61 Å². The maximum atomic E-state index is 11.7. The number of hydrogen-bond acceptors (Lipinski definition) is 4. The molecule has 0 N–H and O–H groups in total. The summed E-state index contributed by atoms with van der Waals surface area (Å²) in [6, 6.07) is 13.5. The van der Waals surface area contributed by atoms with Gasteiger partial charge in [-0.1, -0.05) is 35.9 Å². The Kier molecular flexibility index (Phi) is 3.78. The second-order valence-electron chi connectivity index (χ2n) is 4.85. The van der Waals surface area contributed by atoms with Crippen LogP contribution in [0.1, 0.15) is 12.5 Å². The molecule has 0 aliphatic carbocycles. The Morgan fingerprint density at radius 3 is 2.68 bits per heavy atom. The second kappa shape index (κ2) is 5.89. The van der Waals surface area contributed by atoms with Crippen molar-refractivity contribution in [1.29, 1.82) is 0 Å². The lowest BCUT2D eigenvalue weighted by Crippen LogP contribution is -2.11. The van der Waals surface area contributed by atoms with Crippen molar-refractivity contribution in [3.05, 3.63) is 54.2 Å². The fourth-order valence-electron chi connectivity index (χ4n) is 2.20. The van der Waals surface area contributed by atoms with Crippen molar-refractivity contribution in [2.45, 2.75) is 13.8 Å². The Balaban J connectivity index is 2.11. The van der Waals surface area contributed by atoms with Gasteiger partial charge in [0.1, 0.15) is 11.3 Å². The molecule has 0 aliphatic heterocycles. The maximum Gasteiger partial charge on any atom is 0.515 e. The number of imidazole rings is 1. The van der Waals surface area contributed by atoms with Crippen LogP contribution in [0.3, 0.4) is 0 Å². The van der Waals surface area contributed by atoms with Crippen LogP contribution >= 0.6 is 0 Å². The number of hydrogen-bond donors (Lipinski definition) is 0. The van der Waals surface area contributed by atoms with Crippen molar-refractivity contribution in [1.82, 2.24) is 9.38 Å². The molecule has 0 spiro atoms. The summed E-state index contributed by atoms with van der Waals surface area (Å²) in [7, 11) is 0. The van der Waals surface area contributed by atoms with E-state index in [9.17, 15) is 4.79 Å². The van der Waals surface area contributed by atoms with Crippen molar-refractivity contribution in [3.63, 3.8) is 0 Å². The molecule has 0 atom stereocenters. The highest BCUT2D eigenvalue weighted by atomic mass is 16.7. The molecule has 5 nitrogen and oxygen atoms in total. The van der Waals surface area contributed by atoms with E-state index in [1.54, 1.807) is 17.5 Å². The van der Waals surface area contributed by atoms with Gasteiger partial charge >= 0.3 is 6.16 Å². The highest BCUT2D eigenvalue weighted by Crippen LogP contribution is 2.31. The normalized spacial score (nSPS) is 10.6. The summed E-state index contributed by atoms with van der Waals surface area (Å²) in [6.07, 6.45) is 1.07. The highest BCUT2D eigenvalue weighted by molar-refractivity contribution is 5.74. The number of aromatic nitrogens is 2. The number of rotatable bonds is 3. The molecule has 5 heteroatoms. The lowest BCUT2D eigenvalue weighted by molar-refractivity contribution is 0.102. The van der Waals surface area contributed by atoms with E-state index in [1.165, 1.54) is 0 Å². The summed E-state index contributed by atoms with van der Waals surface area (Å²) in [5.41, 5.74) is 3.35. The van der Waals surface area contributed by atoms with Gasteiger partial charge in [-0.15, -0.1) is 0 Å². The zero-order chi connectivity index (χ0) is 15.5. The van der Waals surface area contributed by atoms with Gasteiger partial charge in [0.25, 0.3) is 0 Å². The molecule has 1 aromatic carbocycles. The molecule has 0 saturated carbocycles. The Labute approximate surface area is 128 Å². The summed E-state index contributed by atoms with van der Waals surface area (Å²) in [4.78, 5) is 16.3. The molecule has 0 aliphatic rings. The van der Waals surface area contributed by atoms with E-state index < -0.39 is 6.16 Å². The van der Waals surface area contributed by atoms with Crippen molar-refractivity contribution < 1.29 is 14.3 Å². The summed E-state index contributed by atoms with van der Waals surface area (Å²) >= 11 is 0. The van der Waals surface area contributed by atoms with Gasteiger partial charge in [0.2, 0.25) is 5.88 Å². The minimum Gasteiger partial charge on any atom is -0.434 e. The molecule has 0 amide bonds. The largest absolute Gasteiger partial charge is 0.515 e. The molecule has 2 heterocycles. The van der Waals surface area contributed by atoms with Gasteiger partial charge in [-0.2, -0.15) is 0 Å². The third-order valence-electron chi connectivity index (χ3n) is 3.25. The summed E-state index contributed by atoms with van der Waals surface area (Å²) in [5, 5.41) is 0. The lowest BCUT2D eigenvalue weighted by Gasteiger charge is -2.06. The third-order valence-corrected chi connectivity index (χ3v) is 3.25. The van der Waals surface area contributed by atoms with Crippen molar-refractivity contribution >= 4 is 11.8 Å². The first kappa shape index (κ1) is 14.1. The smallest absolute Gasteiger partial charge is 0.434 e. The first-order valence-electron chi connectivity index (χ1n) is 7.07. The van der Waals surface area contributed by atoms with Gasteiger partial charge in [-0.05, 0) is 26.0 Å². The van der Waals surface area contributed by atoms with Crippen molar-refractivity contribution in [3.8, 4) is 17.1 Å². The number of carbonyl (C=O) groups excluding carboxylic acids is 1. The van der Waals surface area contributed by atoms with E-state index in [1.807, 2.05) is 49.4 Å². The van der Waals surface area contributed by atoms with Crippen LogP contribution in [-0.4, -0.2) is 22.1 Å². The first-order valence-corrected chi connectivity index (χ1v) is 7.07. The van der Waals surface area contributed by atoms with Crippen LogP contribution in [-0.2, 0) is 4.74 Å². The molecular weight excluding hydrogens is 280 g/mol. The minimum absolute atomic E-state index is 0.259. The van der Waals surface area contributed by atoms with Crippen LogP contribution in [0.4, 0.5) is 4.79 Å². The summed E-state index contributed by atoms with van der Waals surface area (Å²) in [6.45, 7) is 4.01. The summed E-state index contributed by atoms with van der Waals surface area (Å²) in [5.74, 6) is 0.359. The zero-order valence-corrected chi connectivity index (χ0v) is 12.4. The zero-order valence-electron chi connectivity index (χ0n) is 12.4. The van der Waals surface area contributed by atoms with Crippen LogP contribution < -0.4 is 4.74 Å². The van der Waals surface area contributed by atoms with E-state index in [-0.39, 0.29) is 6.61 Å². The van der Waals surface area contributed by atoms with E-state index in [0.717, 1.165) is 11.1 Å². The number of benzene rings is 1. The number of pyridine rings is 1. The Bertz CT molecular complexity index is 806. The van der Waals surface area contributed by atoms with Gasteiger partial charge in [-0.3, -0.25) is 4.40 Å². The maximum absolute atomic E-state index is 11.7. The average molecular weight is 296 g/mol.